The van der Waals surface area contributed by atoms with Crippen LogP contribution in [-0.2, 0) is 0 Å². The molecule has 2 amide bonds. The van der Waals surface area contributed by atoms with Gasteiger partial charge in [0.05, 0.1) is 11.2 Å². The average Bonchev–Trinajstić information content (AvgIpc) is 2.60. The third kappa shape index (κ3) is 1.61. The van der Waals surface area contributed by atoms with Gasteiger partial charge >= 0.3 is 6.03 Å². The lowest BCUT2D eigenvalue weighted by Crippen LogP contribution is -2.45. The van der Waals surface area contributed by atoms with E-state index in [0.717, 1.165) is 16.5 Å². The van der Waals surface area contributed by atoms with Gasteiger partial charge < -0.3 is 10.0 Å². The zero-order valence-corrected chi connectivity index (χ0v) is 11.9. The van der Waals surface area contributed by atoms with Crippen molar-refractivity contribution in [1.29, 1.82) is 0 Å². The number of carbonyl (C=O) groups excluding carboxylic acids is 1. The molecule has 2 aromatic carbocycles. The highest BCUT2D eigenvalue weighted by atomic mass is 16.3. The summed E-state index contributed by atoms with van der Waals surface area (Å²) in [6.07, 6.45) is -0.870. The highest BCUT2D eigenvalue weighted by Crippen LogP contribution is 2.37. The molecule has 20 heavy (non-hydrogen) atoms. The van der Waals surface area contributed by atoms with Gasteiger partial charge in [0.25, 0.3) is 0 Å². The molecule has 0 saturated carbocycles. The molecule has 1 saturated heterocycles. The molecule has 0 bridgehead atoms. The molecule has 1 atom stereocenters. The fourth-order valence-corrected chi connectivity index (χ4v) is 2.66. The third-order valence-corrected chi connectivity index (χ3v) is 4.26. The largest absolute Gasteiger partial charge is 0.371 e. The number of aliphatic hydroxyl groups is 1. The van der Waals surface area contributed by atoms with E-state index in [1.54, 1.807) is 11.9 Å². The molecule has 104 valence electrons. The van der Waals surface area contributed by atoms with Gasteiger partial charge in [-0.25, -0.2) is 4.79 Å². The number of amides is 2. The Kier molecular flexibility index (Phi) is 2.73. The molecule has 1 aliphatic rings. The minimum atomic E-state index is -0.870. The summed E-state index contributed by atoms with van der Waals surface area (Å²) in [6.45, 7) is 3.72. The first-order valence-corrected chi connectivity index (χ1v) is 6.67. The summed E-state index contributed by atoms with van der Waals surface area (Å²) in [5.41, 5.74) is 0.131. The summed E-state index contributed by atoms with van der Waals surface area (Å²) in [5, 5.41) is 12.6. The van der Waals surface area contributed by atoms with E-state index in [0.29, 0.717) is 0 Å². The van der Waals surface area contributed by atoms with Gasteiger partial charge in [-0.2, -0.15) is 0 Å². The second-order valence-electron chi connectivity index (χ2n) is 5.74. The van der Waals surface area contributed by atoms with E-state index >= 15 is 0 Å². The van der Waals surface area contributed by atoms with E-state index < -0.39 is 11.8 Å². The molecule has 1 N–H and O–H groups in total. The smallest absolute Gasteiger partial charge is 0.327 e. The molecule has 4 heteroatoms. The van der Waals surface area contributed by atoms with Gasteiger partial charge in [0, 0.05) is 12.4 Å². The van der Waals surface area contributed by atoms with Crippen LogP contribution in [0.2, 0.25) is 0 Å². The van der Waals surface area contributed by atoms with Crippen molar-refractivity contribution in [3.8, 4) is 0 Å². The first-order valence-electron chi connectivity index (χ1n) is 6.67. The first kappa shape index (κ1) is 12.9. The second kappa shape index (κ2) is 4.21. The van der Waals surface area contributed by atoms with E-state index in [9.17, 15) is 9.90 Å². The SMILES string of the molecule is CN1C(=O)N(c2cccc3ccccc23)C(O)C1(C)C. The number of aliphatic hydroxyl groups excluding tert-OH is 1. The zero-order chi connectivity index (χ0) is 14.5. The molecular formula is C16H18N2O2. The van der Waals surface area contributed by atoms with Crippen molar-refractivity contribution in [1.82, 2.24) is 4.90 Å². The maximum atomic E-state index is 12.5. The van der Waals surface area contributed by atoms with E-state index in [4.69, 9.17) is 0 Å². The molecule has 0 radical (unpaired) electrons. The Labute approximate surface area is 118 Å². The number of likely N-dealkylation sites (N-methyl/N-ethyl adjacent to an activating group) is 1. The molecule has 4 nitrogen and oxygen atoms in total. The Morgan fingerprint density at radius 2 is 1.75 bits per heavy atom. The highest BCUT2D eigenvalue weighted by Gasteiger charge is 2.49. The standard InChI is InChI=1S/C16H18N2O2/c1-16(2)14(19)18(15(20)17(16)3)13-10-6-8-11-7-4-5-9-12(11)13/h4-10,14,19H,1-3H3. The van der Waals surface area contributed by atoms with Crippen molar-refractivity contribution in [3.05, 3.63) is 42.5 Å². The number of carbonyl (C=O) groups is 1. The molecule has 1 fully saturated rings. The zero-order valence-electron chi connectivity index (χ0n) is 11.9. The van der Waals surface area contributed by atoms with Crippen LogP contribution in [0, 0.1) is 0 Å². The predicted molar refractivity (Wildman–Crippen MR) is 79.7 cm³/mol. The van der Waals surface area contributed by atoms with Gasteiger partial charge in [0.15, 0.2) is 6.23 Å². The lowest BCUT2D eigenvalue weighted by molar-refractivity contribution is 0.0726. The van der Waals surface area contributed by atoms with E-state index in [1.807, 2.05) is 56.3 Å². The van der Waals surface area contributed by atoms with Crippen molar-refractivity contribution in [2.45, 2.75) is 25.6 Å². The number of hydrogen-bond acceptors (Lipinski definition) is 2. The molecule has 1 aliphatic heterocycles. The minimum Gasteiger partial charge on any atom is -0.371 e. The van der Waals surface area contributed by atoms with Crippen LogP contribution < -0.4 is 4.90 Å². The van der Waals surface area contributed by atoms with Crippen LogP contribution in [0.25, 0.3) is 10.8 Å². The van der Waals surface area contributed by atoms with Crippen molar-refractivity contribution in [3.63, 3.8) is 0 Å². The summed E-state index contributed by atoms with van der Waals surface area (Å²) in [7, 11) is 1.72. The summed E-state index contributed by atoms with van der Waals surface area (Å²) in [5.74, 6) is 0. The maximum absolute atomic E-state index is 12.5. The third-order valence-electron chi connectivity index (χ3n) is 4.26. The number of anilines is 1. The lowest BCUT2D eigenvalue weighted by atomic mass is 10.0. The molecule has 1 heterocycles. The Morgan fingerprint density at radius 1 is 1.10 bits per heavy atom. The Bertz CT molecular complexity index is 676. The first-order chi connectivity index (χ1) is 9.44. The van der Waals surface area contributed by atoms with Crippen LogP contribution in [0.1, 0.15) is 13.8 Å². The van der Waals surface area contributed by atoms with Crippen LogP contribution in [0.5, 0.6) is 0 Å². The van der Waals surface area contributed by atoms with Gasteiger partial charge in [0.2, 0.25) is 0 Å². The van der Waals surface area contributed by atoms with Gasteiger partial charge in [0.1, 0.15) is 0 Å². The number of urea groups is 1. The summed E-state index contributed by atoms with van der Waals surface area (Å²) in [6, 6.07) is 13.5. The average molecular weight is 270 g/mol. The topological polar surface area (TPSA) is 43.8 Å². The molecule has 2 aromatic rings. The van der Waals surface area contributed by atoms with Crippen molar-refractivity contribution < 1.29 is 9.90 Å². The molecule has 0 aliphatic carbocycles. The molecule has 1 unspecified atom stereocenters. The van der Waals surface area contributed by atoms with Crippen LogP contribution in [0.4, 0.5) is 10.5 Å². The van der Waals surface area contributed by atoms with Gasteiger partial charge in [-0.1, -0.05) is 36.4 Å². The Morgan fingerprint density at radius 3 is 2.40 bits per heavy atom. The second-order valence-corrected chi connectivity index (χ2v) is 5.74. The fraction of sp³-hybridized carbons (Fsp3) is 0.312. The quantitative estimate of drug-likeness (QED) is 0.866. The van der Waals surface area contributed by atoms with Crippen LogP contribution in [0.3, 0.4) is 0 Å². The Balaban J connectivity index is 2.19. The predicted octanol–water partition coefficient (Wildman–Crippen LogP) is 2.81. The van der Waals surface area contributed by atoms with Crippen LogP contribution in [0.15, 0.2) is 42.5 Å². The number of fused-ring (bicyclic) bond motifs is 1. The maximum Gasteiger partial charge on any atom is 0.327 e. The normalized spacial score (nSPS) is 21.8. The number of hydrogen-bond donors (Lipinski definition) is 1. The van der Waals surface area contributed by atoms with E-state index in [1.165, 1.54) is 4.90 Å². The molecule has 3 rings (SSSR count). The molecular weight excluding hydrogens is 252 g/mol. The van der Waals surface area contributed by atoms with Crippen molar-refractivity contribution in [2.24, 2.45) is 0 Å². The van der Waals surface area contributed by atoms with Gasteiger partial charge in [-0.3, -0.25) is 4.90 Å². The Hall–Kier alpha value is -2.07. The lowest BCUT2D eigenvalue weighted by Gasteiger charge is -2.29. The minimum absolute atomic E-state index is 0.182. The van der Waals surface area contributed by atoms with Crippen molar-refractivity contribution in [2.75, 3.05) is 11.9 Å². The highest BCUT2D eigenvalue weighted by molar-refractivity contribution is 6.05. The molecule has 0 aromatic heterocycles. The van der Waals surface area contributed by atoms with Gasteiger partial charge in [-0.05, 0) is 25.3 Å². The van der Waals surface area contributed by atoms with Crippen LogP contribution in [-0.4, -0.2) is 34.9 Å². The van der Waals surface area contributed by atoms with E-state index in [2.05, 4.69) is 0 Å². The fourth-order valence-electron chi connectivity index (χ4n) is 2.66. The van der Waals surface area contributed by atoms with E-state index in [-0.39, 0.29) is 6.03 Å². The van der Waals surface area contributed by atoms with Gasteiger partial charge in [-0.15, -0.1) is 0 Å². The summed E-state index contributed by atoms with van der Waals surface area (Å²) < 4.78 is 0. The van der Waals surface area contributed by atoms with Crippen molar-refractivity contribution >= 4 is 22.5 Å². The number of benzene rings is 2. The van der Waals surface area contributed by atoms with Crippen LogP contribution >= 0.6 is 0 Å². The number of rotatable bonds is 1. The monoisotopic (exact) mass is 270 g/mol. The summed E-state index contributed by atoms with van der Waals surface area (Å²) in [4.78, 5) is 15.5. The number of nitrogens with zero attached hydrogens (tertiary/aromatic N) is 2. The summed E-state index contributed by atoms with van der Waals surface area (Å²) >= 11 is 0. The molecule has 0 spiro atoms.